The van der Waals surface area contributed by atoms with Crippen molar-refractivity contribution in [3.63, 3.8) is 0 Å². The molecule has 2 nitrogen and oxygen atoms in total. The van der Waals surface area contributed by atoms with Crippen LogP contribution in [0.2, 0.25) is 0 Å². The SMILES string of the molecule is Cc1ncccc1CNCC1CC1C. The fourth-order valence-corrected chi connectivity index (χ4v) is 1.78. The monoisotopic (exact) mass is 190 g/mol. The molecule has 1 saturated carbocycles. The van der Waals surface area contributed by atoms with Crippen LogP contribution in [0, 0.1) is 18.8 Å². The van der Waals surface area contributed by atoms with E-state index in [-0.39, 0.29) is 0 Å². The Bertz CT molecular complexity index is 309. The molecule has 2 unspecified atom stereocenters. The maximum atomic E-state index is 4.27. The molecule has 1 aliphatic carbocycles. The molecule has 14 heavy (non-hydrogen) atoms. The lowest BCUT2D eigenvalue weighted by atomic mass is 10.2. The van der Waals surface area contributed by atoms with Crippen molar-refractivity contribution in [1.29, 1.82) is 0 Å². The van der Waals surface area contributed by atoms with Gasteiger partial charge in [-0.1, -0.05) is 13.0 Å². The van der Waals surface area contributed by atoms with Gasteiger partial charge in [0.15, 0.2) is 0 Å². The van der Waals surface area contributed by atoms with Gasteiger partial charge < -0.3 is 5.32 Å². The highest BCUT2D eigenvalue weighted by molar-refractivity contribution is 5.17. The smallest absolute Gasteiger partial charge is 0.0417 e. The number of hydrogen-bond donors (Lipinski definition) is 1. The van der Waals surface area contributed by atoms with Crippen LogP contribution in [0.1, 0.15) is 24.6 Å². The van der Waals surface area contributed by atoms with Gasteiger partial charge in [0.1, 0.15) is 0 Å². The second-order valence-corrected chi connectivity index (χ2v) is 4.35. The van der Waals surface area contributed by atoms with Gasteiger partial charge in [0.2, 0.25) is 0 Å². The van der Waals surface area contributed by atoms with Crippen molar-refractivity contribution in [2.45, 2.75) is 26.8 Å². The van der Waals surface area contributed by atoms with Crippen molar-refractivity contribution in [1.82, 2.24) is 10.3 Å². The van der Waals surface area contributed by atoms with E-state index in [1.807, 2.05) is 12.3 Å². The molecule has 1 aromatic heterocycles. The number of aryl methyl sites for hydroxylation is 1. The second kappa shape index (κ2) is 4.09. The third-order valence-electron chi connectivity index (χ3n) is 3.11. The van der Waals surface area contributed by atoms with Crippen molar-refractivity contribution in [3.05, 3.63) is 29.6 Å². The predicted molar refractivity (Wildman–Crippen MR) is 58.0 cm³/mol. The Morgan fingerprint density at radius 2 is 2.36 bits per heavy atom. The summed E-state index contributed by atoms with van der Waals surface area (Å²) in [5, 5.41) is 3.49. The van der Waals surface area contributed by atoms with Crippen LogP contribution < -0.4 is 5.32 Å². The van der Waals surface area contributed by atoms with Gasteiger partial charge in [-0.15, -0.1) is 0 Å². The van der Waals surface area contributed by atoms with Crippen molar-refractivity contribution >= 4 is 0 Å². The number of nitrogens with one attached hydrogen (secondary N) is 1. The van der Waals surface area contributed by atoms with Gasteiger partial charge in [0.05, 0.1) is 0 Å². The van der Waals surface area contributed by atoms with Crippen molar-refractivity contribution in [2.24, 2.45) is 11.8 Å². The molecule has 1 heterocycles. The normalized spacial score (nSPS) is 25.0. The second-order valence-electron chi connectivity index (χ2n) is 4.35. The zero-order valence-electron chi connectivity index (χ0n) is 8.96. The summed E-state index contributed by atoms with van der Waals surface area (Å²) in [6.45, 7) is 6.51. The predicted octanol–water partition coefficient (Wildman–Crippen LogP) is 2.14. The van der Waals surface area contributed by atoms with Crippen molar-refractivity contribution in [3.8, 4) is 0 Å². The third kappa shape index (κ3) is 2.32. The molecule has 1 aliphatic rings. The molecule has 0 aromatic carbocycles. The molecule has 76 valence electrons. The Morgan fingerprint density at radius 3 is 3.00 bits per heavy atom. The molecule has 1 aromatic rings. The van der Waals surface area contributed by atoms with Crippen LogP contribution in [-0.2, 0) is 6.54 Å². The number of rotatable bonds is 4. The van der Waals surface area contributed by atoms with Crippen LogP contribution in [0.15, 0.2) is 18.3 Å². The third-order valence-corrected chi connectivity index (χ3v) is 3.11. The first-order valence-electron chi connectivity index (χ1n) is 5.38. The molecule has 2 atom stereocenters. The molecule has 2 rings (SSSR count). The lowest BCUT2D eigenvalue weighted by Gasteiger charge is -2.05. The molecular weight excluding hydrogens is 172 g/mol. The van der Waals surface area contributed by atoms with Crippen LogP contribution in [0.3, 0.4) is 0 Å². The van der Waals surface area contributed by atoms with E-state index < -0.39 is 0 Å². The first kappa shape index (κ1) is 9.66. The van der Waals surface area contributed by atoms with E-state index in [0.717, 1.165) is 30.6 Å². The molecule has 0 spiro atoms. The molecular formula is C12H18N2. The molecule has 2 heteroatoms. The van der Waals surface area contributed by atoms with Gasteiger partial charge in [0, 0.05) is 18.4 Å². The number of nitrogens with zero attached hydrogens (tertiary/aromatic N) is 1. The Hall–Kier alpha value is -0.890. The molecule has 0 aliphatic heterocycles. The Labute approximate surface area is 85.7 Å². The molecule has 1 fully saturated rings. The Balaban J connectivity index is 1.77. The summed E-state index contributed by atoms with van der Waals surface area (Å²) < 4.78 is 0. The maximum Gasteiger partial charge on any atom is 0.0417 e. The van der Waals surface area contributed by atoms with Crippen LogP contribution in [0.4, 0.5) is 0 Å². The molecule has 0 saturated heterocycles. The largest absolute Gasteiger partial charge is 0.312 e. The van der Waals surface area contributed by atoms with Gasteiger partial charge in [-0.25, -0.2) is 0 Å². The van der Waals surface area contributed by atoms with Crippen LogP contribution in [0.25, 0.3) is 0 Å². The van der Waals surface area contributed by atoms with E-state index in [1.165, 1.54) is 12.0 Å². The summed E-state index contributed by atoms with van der Waals surface area (Å²) in [5.74, 6) is 1.87. The van der Waals surface area contributed by atoms with Gasteiger partial charge >= 0.3 is 0 Å². The van der Waals surface area contributed by atoms with E-state index in [1.54, 1.807) is 0 Å². The topological polar surface area (TPSA) is 24.9 Å². The average molecular weight is 190 g/mol. The minimum atomic E-state index is 0.923. The van der Waals surface area contributed by atoms with E-state index in [0.29, 0.717) is 0 Å². The summed E-state index contributed by atoms with van der Waals surface area (Å²) in [6.07, 6.45) is 3.25. The average Bonchev–Trinajstić information content (AvgIpc) is 2.86. The quantitative estimate of drug-likeness (QED) is 0.786. The van der Waals surface area contributed by atoms with Crippen molar-refractivity contribution < 1.29 is 0 Å². The van der Waals surface area contributed by atoms with Crippen molar-refractivity contribution in [2.75, 3.05) is 6.54 Å². The highest BCUT2D eigenvalue weighted by Crippen LogP contribution is 2.36. The van der Waals surface area contributed by atoms with Gasteiger partial charge in [0.25, 0.3) is 0 Å². The summed E-state index contributed by atoms with van der Waals surface area (Å²) in [5.41, 5.74) is 2.46. The van der Waals surface area contributed by atoms with Crippen LogP contribution in [-0.4, -0.2) is 11.5 Å². The number of aromatic nitrogens is 1. The highest BCUT2D eigenvalue weighted by atomic mass is 14.9. The van der Waals surface area contributed by atoms with Gasteiger partial charge in [-0.2, -0.15) is 0 Å². The Morgan fingerprint density at radius 1 is 1.57 bits per heavy atom. The van der Waals surface area contributed by atoms with E-state index >= 15 is 0 Å². The maximum absolute atomic E-state index is 4.27. The number of hydrogen-bond acceptors (Lipinski definition) is 2. The summed E-state index contributed by atoms with van der Waals surface area (Å²) in [6, 6.07) is 4.15. The molecule has 0 bridgehead atoms. The highest BCUT2D eigenvalue weighted by Gasteiger charge is 2.31. The summed E-state index contributed by atoms with van der Waals surface area (Å²) in [4.78, 5) is 4.27. The standard InChI is InChI=1S/C12H18N2/c1-9-6-12(9)8-13-7-11-4-3-5-14-10(11)2/h3-5,9,12-13H,6-8H2,1-2H3. The lowest BCUT2D eigenvalue weighted by molar-refractivity contribution is 0.609. The zero-order chi connectivity index (χ0) is 9.97. The fourth-order valence-electron chi connectivity index (χ4n) is 1.78. The van der Waals surface area contributed by atoms with E-state index in [4.69, 9.17) is 0 Å². The van der Waals surface area contributed by atoms with E-state index in [9.17, 15) is 0 Å². The fraction of sp³-hybridized carbons (Fsp3) is 0.583. The van der Waals surface area contributed by atoms with Crippen LogP contribution >= 0.6 is 0 Å². The van der Waals surface area contributed by atoms with E-state index in [2.05, 4.69) is 30.2 Å². The van der Waals surface area contributed by atoms with Gasteiger partial charge in [-0.3, -0.25) is 4.98 Å². The molecule has 0 radical (unpaired) electrons. The molecule has 1 N–H and O–H groups in total. The minimum Gasteiger partial charge on any atom is -0.312 e. The summed E-state index contributed by atoms with van der Waals surface area (Å²) >= 11 is 0. The number of pyridine rings is 1. The summed E-state index contributed by atoms with van der Waals surface area (Å²) in [7, 11) is 0. The zero-order valence-corrected chi connectivity index (χ0v) is 8.96. The van der Waals surface area contributed by atoms with Crippen LogP contribution in [0.5, 0.6) is 0 Å². The first-order valence-corrected chi connectivity index (χ1v) is 5.38. The molecule has 0 amide bonds. The van der Waals surface area contributed by atoms with Gasteiger partial charge in [-0.05, 0) is 43.4 Å². The minimum absolute atomic E-state index is 0.923. The first-order chi connectivity index (χ1) is 6.77. The Kier molecular flexibility index (Phi) is 2.82. The lowest BCUT2D eigenvalue weighted by Crippen LogP contribution is -2.17.